The van der Waals surface area contributed by atoms with Gasteiger partial charge >= 0.3 is 0 Å². The highest BCUT2D eigenvalue weighted by molar-refractivity contribution is 6.34. The lowest BCUT2D eigenvalue weighted by Gasteiger charge is -2.41. The van der Waals surface area contributed by atoms with Crippen molar-refractivity contribution in [1.29, 1.82) is 0 Å². The highest BCUT2D eigenvalue weighted by Crippen LogP contribution is 2.60. The number of amides is 3. The molecule has 0 aromatic heterocycles. The van der Waals surface area contributed by atoms with Gasteiger partial charge in [0, 0.05) is 19.6 Å². The number of hydrogen-bond donors (Lipinski definition) is 1. The van der Waals surface area contributed by atoms with Crippen LogP contribution >= 0.6 is 11.6 Å². The Morgan fingerprint density at radius 1 is 0.929 bits per heavy atom. The highest BCUT2D eigenvalue weighted by Gasteiger charge is 2.76. The molecule has 3 amide bonds. The highest BCUT2D eigenvalue weighted by atomic mass is 35.5. The van der Waals surface area contributed by atoms with Gasteiger partial charge in [0.2, 0.25) is 11.8 Å². The molecule has 1 unspecified atom stereocenters. The smallest absolute Gasteiger partial charge is 0.253 e. The van der Waals surface area contributed by atoms with Gasteiger partial charge in [-0.15, -0.1) is 0 Å². The first kappa shape index (κ1) is 28.6. The standard InChI is InChI=1S/C33H36ClN3O5/c1-3-18-35-19-10-16-32(4-2)26(29(35)39)27-30(40)37(25(21-38)22-12-6-5-7-13-22)28-31(41)36(20-11-17-33(27,28)42-32)24-15-9-8-14-23(24)34/h5-17,25-28,38H,3-4,18-21H2,1-2H3/t25-,26+,27+,28?,32-,33+/m1/s1. The fourth-order valence-electron chi connectivity index (χ4n) is 7.47. The lowest BCUT2D eigenvalue weighted by atomic mass is 9.73. The van der Waals surface area contributed by atoms with Crippen LogP contribution in [0.1, 0.15) is 38.3 Å². The first-order chi connectivity index (χ1) is 20.3. The van der Waals surface area contributed by atoms with Crippen LogP contribution in [0.15, 0.2) is 78.9 Å². The number of para-hydroxylation sites is 1. The Bertz CT molecular complexity index is 1450. The Morgan fingerprint density at radius 3 is 2.33 bits per heavy atom. The van der Waals surface area contributed by atoms with Gasteiger partial charge in [-0.1, -0.05) is 92.2 Å². The van der Waals surface area contributed by atoms with Gasteiger partial charge in [-0.3, -0.25) is 14.4 Å². The van der Waals surface area contributed by atoms with E-state index in [1.54, 1.807) is 28.0 Å². The van der Waals surface area contributed by atoms with Crippen LogP contribution < -0.4 is 4.90 Å². The Balaban J connectivity index is 1.56. The topological polar surface area (TPSA) is 90.4 Å². The number of benzene rings is 2. The molecular formula is C33H36ClN3O5. The second kappa shape index (κ2) is 11.0. The Kier molecular flexibility index (Phi) is 7.50. The van der Waals surface area contributed by atoms with Crippen molar-refractivity contribution >= 4 is 35.0 Å². The summed E-state index contributed by atoms with van der Waals surface area (Å²) in [5.41, 5.74) is -1.28. The lowest BCUT2D eigenvalue weighted by molar-refractivity contribution is -0.152. The van der Waals surface area contributed by atoms with Crippen LogP contribution in [-0.4, -0.2) is 76.1 Å². The molecule has 1 spiro atoms. The van der Waals surface area contributed by atoms with Gasteiger partial charge < -0.3 is 24.5 Å². The predicted octanol–water partition coefficient (Wildman–Crippen LogP) is 4.15. The number of rotatable bonds is 7. The number of ether oxygens (including phenoxy) is 1. The normalized spacial score (nSPS) is 31.1. The zero-order valence-electron chi connectivity index (χ0n) is 23.9. The van der Waals surface area contributed by atoms with E-state index in [1.807, 2.05) is 74.5 Å². The number of carbonyl (C=O) groups is 3. The summed E-state index contributed by atoms with van der Waals surface area (Å²) in [5, 5.41) is 11.1. The number of aliphatic hydroxyl groups is 1. The van der Waals surface area contributed by atoms with E-state index in [0.29, 0.717) is 35.8 Å². The van der Waals surface area contributed by atoms with E-state index < -0.39 is 41.7 Å². The van der Waals surface area contributed by atoms with E-state index in [4.69, 9.17) is 16.3 Å². The molecule has 0 bridgehead atoms. The molecule has 2 fully saturated rings. The predicted molar refractivity (Wildman–Crippen MR) is 160 cm³/mol. The largest absolute Gasteiger partial charge is 0.394 e. The number of fused-ring (bicyclic) bond motifs is 2. The maximum absolute atomic E-state index is 14.8. The van der Waals surface area contributed by atoms with Crippen LogP contribution in [0.2, 0.25) is 5.02 Å². The summed E-state index contributed by atoms with van der Waals surface area (Å²) < 4.78 is 7.04. The van der Waals surface area contributed by atoms with Crippen molar-refractivity contribution in [1.82, 2.24) is 9.80 Å². The molecule has 6 atom stereocenters. The van der Waals surface area contributed by atoms with Gasteiger partial charge in [0.25, 0.3) is 5.91 Å². The Hall–Kier alpha value is -3.46. The molecule has 0 saturated carbocycles. The summed E-state index contributed by atoms with van der Waals surface area (Å²) in [5.74, 6) is -2.67. The fraction of sp³-hybridized carbons (Fsp3) is 0.424. The van der Waals surface area contributed by atoms with Crippen molar-refractivity contribution in [2.24, 2.45) is 11.8 Å². The SMILES string of the molecule is CCCN1CC=C[C@@]2(CC)O[C@]34C=CCN(c5ccccc5Cl)C(=O)C3N([C@H](CO)c3ccccc3)C(=O)[C@@H]4[C@H]2C1=O. The van der Waals surface area contributed by atoms with E-state index in [0.717, 1.165) is 6.42 Å². The molecule has 220 valence electrons. The van der Waals surface area contributed by atoms with Crippen LogP contribution in [0, 0.1) is 11.8 Å². The summed E-state index contributed by atoms with van der Waals surface area (Å²) in [6, 6.07) is 14.3. The van der Waals surface area contributed by atoms with E-state index in [1.165, 1.54) is 4.90 Å². The number of hydrogen-bond acceptors (Lipinski definition) is 5. The fourth-order valence-corrected chi connectivity index (χ4v) is 7.71. The molecule has 4 aliphatic heterocycles. The number of carbonyl (C=O) groups excluding carboxylic acids is 3. The van der Waals surface area contributed by atoms with Gasteiger partial charge in [-0.25, -0.2) is 0 Å². The number of anilines is 1. The molecule has 9 heteroatoms. The molecule has 0 aliphatic carbocycles. The molecule has 2 saturated heterocycles. The van der Waals surface area contributed by atoms with E-state index in [2.05, 4.69) is 0 Å². The van der Waals surface area contributed by atoms with Crippen molar-refractivity contribution in [3.63, 3.8) is 0 Å². The maximum Gasteiger partial charge on any atom is 0.253 e. The molecule has 4 heterocycles. The van der Waals surface area contributed by atoms with Gasteiger partial charge in [-0.05, 0) is 30.5 Å². The molecule has 42 heavy (non-hydrogen) atoms. The summed E-state index contributed by atoms with van der Waals surface area (Å²) >= 11 is 6.58. The molecule has 0 radical (unpaired) electrons. The van der Waals surface area contributed by atoms with Crippen LogP contribution in [0.25, 0.3) is 0 Å². The molecule has 6 rings (SSSR count). The van der Waals surface area contributed by atoms with Crippen LogP contribution in [0.3, 0.4) is 0 Å². The van der Waals surface area contributed by atoms with Crippen molar-refractivity contribution < 1.29 is 24.2 Å². The quantitative estimate of drug-likeness (QED) is 0.490. The summed E-state index contributed by atoms with van der Waals surface area (Å²) in [4.78, 5) is 48.8. The molecular weight excluding hydrogens is 554 g/mol. The van der Waals surface area contributed by atoms with Gasteiger partial charge in [0.1, 0.15) is 11.6 Å². The summed E-state index contributed by atoms with van der Waals surface area (Å²) in [6.45, 7) is 4.77. The second-order valence-corrected chi connectivity index (χ2v) is 11.9. The van der Waals surface area contributed by atoms with E-state index >= 15 is 0 Å². The van der Waals surface area contributed by atoms with Crippen LogP contribution in [0.4, 0.5) is 5.69 Å². The maximum atomic E-state index is 14.8. The van der Waals surface area contributed by atoms with Gasteiger partial charge in [-0.2, -0.15) is 0 Å². The average molecular weight is 590 g/mol. The molecule has 4 aliphatic rings. The third-order valence-electron chi connectivity index (χ3n) is 9.29. The van der Waals surface area contributed by atoms with Crippen LogP contribution in [-0.2, 0) is 19.1 Å². The molecule has 2 aromatic carbocycles. The summed E-state index contributed by atoms with van der Waals surface area (Å²) in [7, 11) is 0. The van der Waals surface area contributed by atoms with E-state index in [-0.39, 0.29) is 24.3 Å². The minimum atomic E-state index is -1.43. The lowest BCUT2D eigenvalue weighted by Crippen LogP contribution is -2.57. The Labute approximate surface area is 251 Å². The van der Waals surface area contributed by atoms with Crippen LogP contribution in [0.5, 0.6) is 0 Å². The third kappa shape index (κ3) is 4.14. The van der Waals surface area contributed by atoms with Crippen molar-refractivity contribution in [2.45, 2.75) is 50.0 Å². The summed E-state index contributed by atoms with van der Waals surface area (Å²) in [6.07, 6.45) is 8.78. The number of aliphatic hydroxyl groups excluding tert-OH is 1. The second-order valence-electron chi connectivity index (χ2n) is 11.5. The zero-order chi connectivity index (χ0) is 29.6. The minimum Gasteiger partial charge on any atom is -0.394 e. The van der Waals surface area contributed by atoms with Gasteiger partial charge in [0.05, 0.1) is 40.8 Å². The number of halogens is 1. The Morgan fingerprint density at radius 2 is 1.64 bits per heavy atom. The average Bonchev–Trinajstić information content (AvgIpc) is 3.29. The first-order valence-corrected chi connectivity index (χ1v) is 15.1. The molecule has 8 nitrogen and oxygen atoms in total. The molecule has 2 aromatic rings. The van der Waals surface area contributed by atoms with Gasteiger partial charge in [0.15, 0.2) is 0 Å². The third-order valence-corrected chi connectivity index (χ3v) is 9.61. The number of nitrogens with zero attached hydrogens (tertiary/aromatic N) is 3. The monoisotopic (exact) mass is 589 g/mol. The number of likely N-dealkylation sites (tertiary alicyclic amines) is 1. The van der Waals surface area contributed by atoms with Crippen molar-refractivity contribution in [3.8, 4) is 0 Å². The van der Waals surface area contributed by atoms with Crippen molar-refractivity contribution in [2.75, 3.05) is 31.1 Å². The van der Waals surface area contributed by atoms with E-state index in [9.17, 15) is 19.5 Å². The molecule has 1 N–H and O–H groups in total. The zero-order valence-corrected chi connectivity index (χ0v) is 24.6. The van der Waals surface area contributed by atoms with Crippen molar-refractivity contribution in [3.05, 3.63) is 89.5 Å². The first-order valence-electron chi connectivity index (χ1n) is 14.7. The minimum absolute atomic E-state index is 0.146.